The molecule has 0 aromatic rings. The molecule has 1 amide bonds. The van der Waals surface area contributed by atoms with E-state index in [1.54, 1.807) is 0 Å². The molecule has 0 spiro atoms. The smallest absolute Gasteiger partial charge is 0.222 e. The van der Waals surface area contributed by atoms with Crippen LogP contribution in [0.3, 0.4) is 0 Å². The van der Waals surface area contributed by atoms with Crippen LogP contribution in [0, 0.1) is 0 Å². The monoisotopic (exact) mass is 920 g/mol. The highest BCUT2D eigenvalue weighted by atomic mass is 16.3. The Hall–Kier alpha value is -0.650. The summed E-state index contributed by atoms with van der Waals surface area (Å²) in [5.41, 5.74) is 0. The van der Waals surface area contributed by atoms with Crippen LogP contribution in [0.15, 0.2) is 0 Å². The second-order valence-electron chi connectivity index (χ2n) is 21.3. The van der Waals surface area contributed by atoms with E-state index in [2.05, 4.69) is 19.2 Å². The number of aliphatic hydroxyl groups is 3. The number of carbonyl (C=O) groups excluding carboxylic acids is 1. The van der Waals surface area contributed by atoms with Crippen LogP contribution in [-0.2, 0) is 4.79 Å². The van der Waals surface area contributed by atoms with Crippen molar-refractivity contribution in [2.75, 3.05) is 6.61 Å². The molecule has 5 heteroatoms. The molecule has 0 fully saturated rings. The molecule has 0 aliphatic heterocycles. The van der Waals surface area contributed by atoms with Crippen LogP contribution >= 0.6 is 0 Å². The molecule has 65 heavy (non-hydrogen) atoms. The van der Waals surface area contributed by atoms with Crippen molar-refractivity contribution >= 4 is 5.91 Å². The van der Waals surface area contributed by atoms with E-state index in [4.69, 9.17) is 0 Å². The van der Waals surface area contributed by atoms with Gasteiger partial charge in [0.15, 0.2) is 0 Å². The van der Waals surface area contributed by atoms with Gasteiger partial charge < -0.3 is 20.6 Å². The first kappa shape index (κ1) is 64.3. The summed E-state index contributed by atoms with van der Waals surface area (Å²) in [4.78, 5) is 12.6. The van der Waals surface area contributed by atoms with Gasteiger partial charge in [-0.05, 0) is 12.8 Å². The van der Waals surface area contributed by atoms with Gasteiger partial charge in [-0.3, -0.25) is 4.79 Å². The van der Waals surface area contributed by atoms with Gasteiger partial charge in [-0.15, -0.1) is 0 Å². The van der Waals surface area contributed by atoms with Crippen molar-refractivity contribution in [3.05, 3.63) is 0 Å². The third kappa shape index (κ3) is 52.6. The van der Waals surface area contributed by atoms with Gasteiger partial charge in [0.1, 0.15) is 0 Å². The van der Waals surface area contributed by atoms with Gasteiger partial charge in [-0.2, -0.15) is 0 Å². The highest BCUT2D eigenvalue weighted by molar-refractivity contribution is 5.76. The maximum atomic E-state index is 12.6. The first-order chi connectivity index (χ1) is 32.0. The number of hydrogen-bond donors (Lipinski definition) is 4. The maximum Gasteiger partial charge on any atom is 0.222 e. The quantitative estimate of drug-likeness (QED) is 0.0458. The summed E-state index contributed by atoms with van der Waals surface area (Å²) in [6.07, 6.45) is 68.5. The minimum Gasteiger partial charge on any atom is -0.394 e. The van der Waals surface area contributed by atoms with Crippen LogP contribution in [0.25, 0.3) is 0 Å². The molecule has 0 saturated heterocycles. The highest BCUT2D eigenvalue weighted by Gasteiger charge is 2.21. The predicted molar refractivity (Wildman–Crippen MR) is 287 cm³/mol. The van der Waals surface area contributed by atoms with E-state index in [9.17, 15) is 20.1 Å². The Morgan fingerprint density at radius 3 is 0.738 bits per heavy atom. The van der Waals surface area contributed by atoms with Crippen LogP contribution < -0.4 is 5.32 Å². The lowest BCUT2D eigenvalue weighted by molar-refractivity contribution is -0.125. The van der Waals surface area contributed by atoms with Crippen LogP contribution in [-0.4, -0.2) is 46.1 Å². The summed E-state index contributed by atoms with van der Waals surface area (Å²) in [6, 6.07) is -0.654. The first-order valence-electron chi connectivity index (χ1n) is 30.3. The van der Waals surface area contributed by atoms with Crippen LogP contribution in [0.2, 0.25) is 0 Å². The molecule has 4 N–H and O–H groups in total. The molecule has 0 saturated carbocycles. The molecule has 0 rings (SSSR count). The molecule has 3 atom stereocenters. The molecule has 0 aliphatic carbocycles. The SMILES string of the molecule is CCCCCCCCCCCCCCCCCCCCCCCCCCCCCCCC(O)CC(=O)NC(CO)C(O)CCCCCCCCCCCCCCCCCCCCCCC. The minimum atomic E-state index is -0.746. The van der Waals surface area contributed by atoms with E-state index in [0.717, 1.165) is 25.7 Å². The summed E-state index contributed by atoms with van der Waals surface area (Å²) in [5, 5.41) is 33.7. The second-order valence-corrected chi connectivity index (χ2v) is 21.3. The zero-order chi connectivity index (χ0) is 47.2. The number of carbonyl (C=O) groups is 1. The average molecular weight is 921 g/mol. The third-order valence-electron chi connectivity index (χ3n) is 14.7. The van der Waals surface area contributed by atoms with Gasteiger partial charge in [0.25, 0.3) is 0 Å². The van der Waals surface area contributed by atoms with E-state index in [0.29, 0.717) is 12.8 Å². The fourth-order valence-corrected chi connectivity index (χ4v) is 10.1. The van der Waals surface area contributed by atoms with Crippen LogP contribution in [0.4, 0.5) is 0 Å². The Balaban J connectivity index is 3.46. The summed E-state index contributed by atoms with van der Waals surface area (Å²) in [5.74, 6) is -0.273. The third-order valence-corrected chi connectivity index (χ3v) is 14.7. The van der Waals surface area contributed by atoms with Gasteiger partial charge in [-0.1, -0.05) is 335 Å². The summed E-state index contributed by atoms with van der Waals surface area (Å²) in [6.45, 7) is 4.32. The Labute approximate surface area is 408 Å². The fraction of sp³-hybridized carbons (Fsp3) is 0.983. The highest BCUT2D eigenvalue weighted by Crippen LogP contribution is 2.19. The molecule has 5 nitrogen and oxygen atoms in total. The lowest BCUT2D eigenvalue weighted by atomic mass is 10.0. The molecular weight excluding hydrogens is 799 g/mol. The predicted octanol–water partition coefficient (Wildman–Crippen LogP) is 18.9. The Bertz CT molecular complexity index is 883. The number of unbranched alkanes of at least 4 members (excludes halogenated alkanes) is 48. The van der Waals surface area contributed by atoms with Gasteiger partial charge in [0, 0.05) is 0 Å². The van der Waals surface area contributed by atoms with Crippen molar-refractivity contribution in [2.45, 2.75) is 372 Å². The number of rotatable bonds is 57. The standard InChI is InChI=1S/C60H121NO4/c1-3-5-7-9-11-13-15-17-19-21-23-25-26-27-28-29-30-31-32-34-35-37-39-41-43-45-47-49-51-53-57(63)55-60(65)61-58(56-62)59(64)54-52-50-48-46-44-42-40-38-36-33-24-22-20-18-16-14-12-10-8-6-4-2/h57-59,62-64H,3-56H2,1-2H3,(H,61,65). The zero-order valence-electron chi connectivity index (χ0n) is 44.7. The maximum absolute atomic E-state index is 12.6. The summed E-state index contributed by atoms with van der Waals surface area (Å²) in [7, 11) is 0. The molecule has 0 radical (unpaired) electrons. The minimum absolute atomic E-state index is 0.0438. The van der Waals surface area contributed by atoms with Crippen LogP contribution in [0.1, 0.15) is 354 Å². The normalized spacial score (nSPS) is 13.1. The molecule has 0 aliphatic rings. The molecule has 390 valence electrons. The number of aliphatic hydroxyl groups excluding tert-OH is 3. The Kier molecular flexibility index (Phi) is 55.4. The topological polar surface area (TPSA) is 89.8 Å². The van der Waals surface area contributed by atoms with E-state index >= 15 is 0 Å². The lowest BCUT2D eigenvalue weighted by Gasteiger charge is -2.23. The first-order valence-corrected chi connectivity index (χ1v) is 30.3. The number of nitrogens with one attached hydrogen (secondary N) is 1. The number of hydrogen-bond acceptors (Lipinski definition) is 4. The Morgan fingerprint density at radius 2 is 0.523 bits per heavy atom. The largest absolute Gasteiger partial charge is 0.394 e. The Morgan fingerprint density at radius 1 is 0.323 bits per heavy atom. The average Bonchev–Trinajstić information content (AvgIpc) is 3.30. The van der Waals surface area contributed by atoms with Gasteiger partial charge >= 0.3 is 0 Å². The van der Waals surface area contributed by atoms with Gasteiger partial charge in [0.2, 0.25) is 5.91 Å². The van der Waals surface area contributed by atoms with Crippen molar-refractivity contribution in [2.24, 2.45) is 0 Å². The summed E-state index contributed by atoms with van der Waals surface area (Å²) < 4.78 is 0. The molecule has 3 unspecified atom stereocenters. The lowest BCUT2D eigenvalue weighted by Crippen LogP contribution is -2.46. The van der Waals surface area contributed by atoms with E-state index < -0.39 is 18.2 Å². The molecule has 0 aromatic heterocycles. The van der Waals surface area contributed by atoms with Crippen molar-refractivity contribution in [1.82, 2.24) is 5.32 Å². The van der Waals surface area contributed by atoms with Crippen molar-refractivity contribution < 1.29 is 20.1 Å². The molecular formula is C60H121NO4. The molecule has 0 heterocycles. The van der Waals surface area contributed by atoms with Gasteiger partial charge in [-0.25, -0.2) is 0 Å². The van der Waals surface area contributed by atoms with Gasteiger partial charge in [0.05, 0.1) is 31.3 Å². The van der Waals surface area contributed by atoms with Crippen molar-refractivity contribution in [3.63, 3.8) is 0 Å². The summed E-state index contributed by atoms with van der Waals surface area (Å²) >= 11 is 0. The fourth-order valence-electron chi connectivity index (χ4n) is 10.1. The van der Waals surface area contributed by atoms with E-state index in [1.807, 2.05) is 0 Å². The molecule has 0 bridgehead atoms. The van der Waals surface area contributed by atoms with E-state index in [1.165, 1.54) is 295 Å². The number of amides is 1. The van der Waals surface area contributed by atoms with Crippen LogP contribution in [0.5, 0.6) is 0 Å². The van der Waals surface area contributed by atoms with Crippen molar-refractivity contribution in [3.8, 4) is 0 Å². The second kappa shape index (κ2) is 55.9. The van der Waals surface area contributed by atoms with Crippen molar-refractivity contribution in [1.29, 1.82) is 0 Å². The zero-order valence-corrected chi connectivity index (χ0v) is 44.7. The van der Waals surface area contributed by atoms with E-state index in [-0.39, 0.29) is 18.9 Å². The molecule has 0 aromatic carbocycles.